The second kappa shape index (κ2) is 8.16. The van der Waals surface area contributed by atoms with Crippen LogP contribution in [0.15, 0.2) is 60.9 Å². The van der Waals surface area contributed by atoms with Crippen molar-refractivity contribution < 1.29 is 9.59 Å². The number of thioether (sulfide) groups is 1. The van der Waals surface area contributed by atoms with Gasteiger partial charge >= 0.3 is 0 Å². The molecule has 2 aromatic heterocycles. The highest BCUT2D eigenvalue weighted by molar-refractivity contribution is 8.13. The summed E-state index contributed by atoms with van der Waals surface area (Å²) in [4.78, 5) is 28.3. The number of imide groups is 1. The smallest absolute Gasteiger partial charge is 0.266 e. The van der Waals surface area contributed by atoms with E-state index in [4.69, 9.17) is 11.1 Å². The molecule has 0 radical (unpaired) electrons. The Morgan fingerprint density at radius 3 is 2.74 bits per heavy atom. The Balaban J connectivity index is 1.41. The fraction of sp³-hybridized carbons (Fsp3) is 0.222. The Morgan fingerprint density at radius 1 is 1.11 bits per heavy atom. The highest BCUT2D eigenvalue weighted by atomic mass is 32.2. The first-order chi connectivity index (χ1) is 16.9. The van der Waals surface area contributed by atoms with E-state index in [1.54, 1.807) is 0 Å². The summed E-state index contributed by atoms with van der Waals surface area (Å²) in [5.41, 5.74) is 10.7. The largest absolute Gasteiger partial charge is 0.379 e. The number of carbonyl (C=O) groups excluding carboxylic acids is 2. The minimum Gasteiger partial charge on any atom is -0.379 e. The van der Waals surface area contributed by atoms with E-state index < -0.39 is 0 Å². The molecule has 0 saturated carbocycles. The van der Waals surface area contributed by atoms with Crippen LogP contribution in [-0.2, 0) is 23.1 Å². The van der Waals surface area contributed by atoms with Gasteiger partial charge in [0.2, 0.25) is 0 Å². The monoisotopic (exact) mass is 483 g/mol. The fourth-order valence-corrected chi connectivity index (χ4v) is 6.14. The molecule has 2 aliphatic rings. The predicted molar refractivity (Wildman–Crippen MR) is 142 cm³/mol. The maximum atomic E-state index is 13.7. The lowest BCUT2D eigenvalue weighted by Crippen LogP contribution is -2.30. The number of nitrogens with one attached hydrogen (secondary N) is 1. The predicted octanol–water partition coefficient (Wildman–Crippen LogP) is 4.59. The maximum absolute atomic E-state index is 13.7. The number of amides is 2. The quantitative estimate of drug-likeness (QED) is 0.246. The molecule has 176 valence electrons. The number of aryl methyl sites for hydroxylation is 2. The highest BCUT2D eigenvalue weighted by Crippen LogP contribution is 2.42. The van der Waals surface area contributed by atoms with Gasteiger partial charge in [-0.25, -0.2) is 4.90 Å². The first-order valence-corrected chi connectivity index (χ1v) is 12.7. The minimum absolute atomic E-state index is 0.125. The third-order valence-electron chi connectivity index (χ3n) is 7.11. The number of rotatable bonds is 5. The van der Waals surface area contributed by atoms with Crippen molar-refractivity contribution in [3.63, 3.8) is 0 Å². The van der Waals surface area contributed by atoms with Crippen molar-refractivity contribution in [3.05, 3.63) is 72.1 Å². The zero-order chi connectivity index (χ0) is 24.3. The van der Waals surface area contributed by atoms with Crippen LogP contribution < -0.4 is 10.6 Å². The molecule has 0 saturated heterocycles. The van der Waals surface area contributed by atoms with Crippen LogP contribution in [0.1, 0.15) is 30.0 Å². The van der Waals surface area contributed by atoms with Crippen LogP contribution in [0, 0.1) is 5.41 Å². The van der Waals surface area contributed by atoms with Crippen molar-refractivity contribution in [3.8, 4) is 0 Å². The normalized spacial score (nSPS) is 17.6. The van der Waals surface area contributed by atoms with Gasteiger partial charge in [0, 0.05) is 59.2 Å². The van der Waals surface area contributed by atoms with E-state index in [1.165, 1.54) is 28.3 Å². The Morgan fingerprint density at radius 2 is 1.91 bits per heavy atom. The molecule has 0 spiro atoms. The molecular weight excluding hydrogens is 458 g/mol. The molecule has 0 aliphatic carbocycles. The number of aromatic nitrogens is 2. The average Bonchev–Trinajstić information content (AvgIpc) is 3.48. The Kier molecular flexibility index (Phi) is 5.07. The number of hydrogen-bond acceptors (Lipinski definition) is 4. The summed E-state index contributed by atoms with van der Waals surface area (Å²) in [6, 6.07) is 14.2. The molecule has 2 aliphatic heterocycles. The van der Waals surface area contributed by atoms with Crippen molar-refractivity contribution >= 4 is 61.8 Å². The van der Waals surface area contributed by atoms with Gasteiger partial charge in [-0.3, -0.25) is 15.0 Å². The van der Waals surface area contributed by atoms with Gasteiger partial charge in [-0.2, -0.15) is 0 Å². The summed E-state index contributed by atoms with van der Waals surface area (Å²) >= 11 is 1.35. The Hall–Kier alpha value is -3.78. The Labute approximate surface area is 206 Å². The molecule has 6 rings (SSSR count). The van der Waals surface area contributed by atoms with Gasteiger partial charge in [0.25, 0.3) is 11.8 Å². The number of nitrogens with zero attached hydrogens (tertiary/aromatic N) is 3. The molecule has 7 nitrogen and oxygen atoms in total. The van der Waals surface area contributed by atoms with Crippen LogP contribution in [0.4, 0.5) is 5.69 Å². The van der Waals surface area contributed by atoms with Crippen molar-refractivity contribution in [2.24, 2.45) is 12.8 Å². The number of para-hydroxylation sites is 2. The van der Waals surface area contributed by atoms with Crippen LogP contribution in [-0.4, -0.2) is 31.9 Å². The highest BCUT2D eigenvalue weighted by Gasteiger charge is 2.37. The second-order valence-corrected chi connectivity index (χ2v) is 10.3. The zero-order valence-electron chi connectivity index (χ0n) is 19.3. The van der Waals surface area contributed by atoms with Gasteiger partial charge in [-0.15, -0.1) is 0 Å². The Bertz CT molecular complexity index is 1580. The van der Waals surface area contributed by atoms with E-state index in [2.05, 4.69) is 10.6 Å². The van der Waals surface area contributed by atoms with Gasteiger partial charge in [0.1, 0.15) is 0 Å². The van der Waals surface area contributed by atoms with E-state index in [1.807, 2.05) is 60.4 Å². The molecule has 8 heteroatoms. The first kappa shape index (κ1) is 21.7. The number of hydrogen-bond donors (Lipinski definition) is 2. The van der Waals surface area contributed by atoms with Gasteiger partial charge in [-0.05, 0) is 30.9 Å². The molecular formula is C27H25N5O2S. The van der Waals surface area contributed by atoms with Crippen molar-refractivity contribution in [2.75, 3.05) is 10.7 Å². The van der Waals surface area contributed by atoms with Crippen molar-refractivity contribution in [1.82, 2.24) is 9.13 Å². The van der Waals surface area contributed by atoms with Crippen molar-refractivity contribution in [1.29, 1.82) is 5.41 Å². The van der Waals surface area contributed by atoms with Crippen LogP contribution in [0.2, 0.25) is 0 Å². The third kappa shape index (κ3) is 3.39. The summed E-state index contributed by atoms with van der Waals surface area (Å²) in [6.45, 7) is 0. The van der Waals surface area contributed by atoms with E-state index in [9.17, 15) is 9.59 Å². The summed E-state index contributed by atoms with van der Waals surface area (Å²) < 4.78 is 4.21. The molecule has 3 N–H and O–H groups in total. The lowest BCUT2D eigenvalue weighted by molar-refractivity contribution is -0.119. The van der Waals surface area contributed by atoms with Crippen molar-refractivity contribution in [2.45, 2.75) is 25.3 Å². The van der Waals surface area contributed by atoms with Crippen LogP contribution in [0.5, 0.6) is 0 Å². The van der Waals surface area contributed by atoms with Crippen LogP contribution >= 0.6 is 11.8 Å². The zero-order valence-corrected chi connectivity index (χ0v) is 20.1. The summed E-state index contributed by atoms with van der Waals surface area (Å²) in [6.07, 6.45) is 8.13. The molecule has 0 bridgehead atoms. The van der Waals surface area contributed by atoms with Gasteiger partial charge < -0.3 is 14.9 Å². The number of fused-ring (bicyclic) bond motifs is 1. The van der Waals surface area contributed by atoms with Crippen LogP contribution in [0.3, 0.4) is 0 Å². The number of benzene rings is 2. The van der Waals surface area contributed by atoms with Crippen LogP contribution in [0.25, 0.3) is 27.4 Å². The number of carbonyl (C=O) groups is 2. The van der Waals surface area contributed by atoms with E-state index in [0.717, 1.165) is 52.4 Å². The van der Waals surface area contributed by atoms with E-state index in [0.29, 0.717) is 11.3 Å². The van der Waals surface area contributed by atoms with Gasteiger partial charge in [0.05, 0.1) is 16.8 Å². The van der Waals surface area contributed by atoms with Gasteiger partial charge in [-0.1, -0.05) is 48.2 Å². The molecule has 1 atom stereocenters. The molecule has 4 heterocycles. The molecule has 35 heavy (non-hydrogen) atoms. The standard InChI is InChI=1S/C27H25N5O2S/c1-30-14-21(18-6-2-3-8-22(18)30)20-13-24(33)32(26(20)34)23-15-31-17(11-12-35-27(28)29)10-9-16-5-4-7-19(23)25(16)31/h2-8,13-15,17H,9-12H2,1H3,(H3,28,29). The maximum Gasteiger partial charge on any atom is 0.266 e. The van der Waals surface area contributed by atoms with E-state index >= 15 is 0 Å². The number of anilines is 1. The minimum atomic E-state index is -0.315. The van der Waals surface area contributed by atoms with E-state index in [-0.39, 0.29) is 23.0 Å². The average molecular weight is 484 g/mol. The molecule has 4 aromatic rings. The fourth-order valence-electron chi connectivity index (χ4n) is 5.53. The molecule has 1 unspecified atom stereocenters. The summed E-state index contributed by atoms with van der Waals surface area (Å²) in [5, 5.41) is 9.49. The number of amidine groups is 1. The van der Waals surface area contributed by atoms with Gasteiger partial charge in [0.15, 0.2) is 5.17 Å². The third-order valence-corrected chi connectivity index (χ3v) is 7.86. The topological polar surface area (TPSA) is 97.1 Å². The molecule has 0 fully saturated rings. The molecule has 2 aromatic carbocycles. The second-order valence-electron chi connectivity index (χ2n) is 9.14. The molecule has 2 amide bonds. The lowest BCUT2D eigenvalue weighted by Gasteiger charge is -2.25. The first-order valence-electron chi connectivity index (χ1n) is 11.7. The summed E-state index contributed by atoms with van der Waals surface area (Å²) in [5.74, 6) is 0.148. The number of nitrogens with two attached hydrogens (primary N) is 1. The summed E-state index contributed by atoms with van der Waals surface area (Å²) in [7, 11) is 1.95. The lowest BCUT2D eigenvalue weighted by atomic mass is 9.97. The SMILES string of the molecule is Cn1cc(C2=CC(=O)N(c3cn4c5c(cccc35)CCC4CCSC(=N)N)C2=O)c2ccccc21.